The van der Waals surface area contributed by atoms with Crippen LogP contribution in [0, 0.1) is 0 Å². The number of furan rings is 1. The first-order chi connectivity index (χ1) is 9.33. The van der Waals surface area contributed by atoms with Crippen molar-refractivity contribution >= 4 is 17.8 Å². The average molecular weight is 253 g/mol. The maximum atomic E-state index is 11.7. The molecule has 3 rings (SSSR count). The van der Waals surface area contributed by atoms with Crippen molar-refractivity contribution in [3.05, 3.63) is 65.7 Å². The summed E-state index contributed by atoms with van der Waals surface area (Å²) in [5.41, 5.74) is 6.53. The Bertz CT molecular complexity index is 643. The third-order valence-corrected chi connectivity index (χ3v) is 2.63. The van der Waals surface area contributed by atoms with E-state index in [4.69, 9.17) is 4.42 Å². The molecule has 0 saturated heterocycles. The number of amidine groups is 1. The number of nitrogens with one attached hydrogen (secondary N) is 2. The summed E-state index contributed by atoms with van der Waals surface area (Å²) in [6.45, 7) is 0. The third kappa shape index (κ3) is 2.40. The lowest BCUT2D eigenvalue weighted by atomic mass is 10.2. The molecular formula is C14H11N3O2. The van der Waals surface area contributed by atoms with Gasteiger partial charge in [-0.3, -0.25) is 15.6 Å². The predicted molar refractivity (Wildman–Crippen MR) is 70.9 cm³/mol. The topological polar surface area (TPSA) is 66.6 Å². The second-order valence-electron chi connectivity index (χ2n) is 3.95. The molecular weight excluding hydrogens is 242 g/mol. The van der Waals surface area contributed by atoms with Crippen LogP contribution in [0.5, 0.6) is 0 Å². The van der Waals surface area contributed by atoms with Gasteiger partial charge in [0, 0.05) is 11.6 Å². The highest BCUT2D eigenvalue weighted by atomic mass is 16.3. The molecule has 5 nitrogen and oxygen atoms in total. The molecule has 0 unspecified atom stereocenters. The van der Waals surface area contributed by atoms with E-state index in [1.54, 1.807) is 24.5 Å². The quantitative estimate of drug-likeness (QED) is 0.800. The fourth-order valence-electron chi connectivity index (χ4n) is 1.72. The summed E-state index contributed by atoms with van der Waals surface area (Å²) in [4.78, 5) is 16.0. The molecule has 0 spiro atoms. The van der Waals surface area contributed by atoms with Gasteiger partial charge in [-0.1, -0.05) is 30.3 Å². The second kappa shape index (κ2) is 4.81. The van der Waals surface area contributed by atoms with Crippen LogP contribution in [0.3, 0.4) is 0 Å². The molecule has 0 saturated carbocycles. The number of carbonyl (C=O) groups is 1. The number of carbonyl (C=O) groups excluding carboxylic acids is 1. The van der Waals surface area contributed by atoms with E-state index < -0.39 is 0 Å². The third-order valence-electron chi connectivity index (χ3n) is 2.63. The summed E-state index contributed by atoms with van der Waals surface area (Å²) >= 11 is 0. The van der Waals surface area contributed by atoms with Gasteiger partial charge in [0.05, 0.1) is 6.26 Å². The molecule has 94 valence electrons. The lowest BCUT2D eigenvalue weighted by Crippen LogP contribution is -2.46. The Morgan fingerprint density at radius 3 is 2.63 bits per heavy atom. The molecule has 2 N–H and O–H groups in total. The highest BCUT2D eigenvalue weighted by Gasteiger charge is 2.17. The van der Waals surface area contributed by atoms with Crippen molar-refractivity contribution in [1.29, 1.82) is 0 Å². The first-order valence-electron chi connectivity index (χ1n) is 5.78. The Kier molecular flexibility index (Phi) is 2.86. The van der Waals surface area contributed by atoms with E-state index in [1.807, 2.05) is 30.3 Å². The van der Waals surface area contributed by atoms with Crippen LogP contribution in [0.4, 0.5) is 0 Å². The number of hydrazine groups is 1. The highest BCUT2D eigenvalue weighted by molar-refractivity contribution is 6.09. The van der Waals surface area contributed by atoms with Crippen molar-refractivity contribution in [2.45, 2.75) is 0 Å². The van der Waals surface area contributed by atoms with Crippen molar-refractivity contribution in [2.75, 3.05) is 0 Å². The molecule has 1 aliphatic rings. The Labute approximate surface area is 109 Å². The summed E-state index contributed by atoms with van der Waals surface area (Å²) in [7, 11) is 0. The molecule has 2 heterocycles. The molecule has 1 amide bonds. The van der Waals surface area contributed by atoms with Crippen molar-refractivity contribution in [3.8, 4) is 0 Å². The maximum Gasteiger partial charge on any atom is 0.288 e. The minimum atomic E-state index is -0.295. The fraction of sp³-hybridized carbons (Fsp3) is 0. The number of amides is 1. The summed E-state index contributed by atoms with van der Waals surface area (Å²) in [5, 5.41) is 0. The average Bonchev–Trinajstić information content (AvgIpc) is 2.95. The molecule has 0 fully saturated rings. The Hall–Kier alpha value is -2.82. The van der Waals surface area contributed by atoms with Gasteiger partial charge >= 0.3 is 0 Å². The van der Waals surface area contributed by atoms with Gasteiger partial charge in [-0.15, -0.1) is 0 Å². The van der Waals surface area contributed by atoms with E-state index in [-0.39, 0.29) is 5.91 Å². The van der Waals surface area contributed by atoms with Crippen LogP contribution in [-0.4, -0.2) is 11.7 Å². The first-order valence-corrected chi connectivity index (χ1v) is 5.78. The summed E-state index contributed by atoms with van der Waals surface area (Å²) in [6, 6.07) is 13.1. The van der Waals surface area contributed by atoms with Gasteiger partial charge in [-0.25, -0.2) is 4.99 Å². The maximum absolute atomic E-state index is 11.7. The Morgan fingerprint density at radius 2 is 1.89 bits per heavy atom. The zero-order chi connectivity index (χ0) is 13.1. The molecule has 0 radical (unpaired) electrons. The van der Waals surface area contributed by atoms with Crippen LogP contribution in [0.2, 0.25) is 0 Å². The van der Waals surface area contributed by atoms with Crippen molar-refractivity contribution in [3.63, 3.8) is 0 Å². The standard InChI is InChI=1S/C14H11N3O2/c18-14-12(9-11-7-4-8-19-11)15-13(16-17-14)10-5-2-1-3-6-10/h1-9H,(H,15,16)(H,17,18). The molecule has 0 atom stereocenters. The van der Waals surface area contributed by atoms with Crippen LogP contribution < -0.4 is 10.9 Å². The number of benzene rings is 1. The first kappa shape index (κ1) is 11.3. The lowest BCUT2D eigenvalue weighted by Gasteiger charge is -2.17. The van der Waals surface area contributed by atoms with Crippen LogP contribution in [0.15, 0.2) is 63.8 Å². The number of nitrogens with zero attached hydrogens (tertiary/aromatic N) is 1. The minimum Gasteiger partial charge on any atom is -0.465 e. The zero-order valence-corrected chi connectivity index (χ0v) is 9.96. The van der Waals surface area contributed by atoms with Gasteiger partial charge < -0.3 is 4.42 Å². The summed E-state index contributed by atoms with van der Waals surface area (Å²) < 4.78 is 5.18. The van der Waals surface area contributed by atoms with E-state index >= 15 is 0 Å². The van der Waals surface area contributed by atoms with E-state index in [1.165, 1.54) is 0 Å². The molecule has 0 bridgehead atoms. The van der Waals surface area contributed by atoms with Crippen LogP contribution in [0.25, 0.3) is 6.08 Å². The van der Waals surface area contributed by atoms with E-state index in [0.29, 0.717) is 17.3 Å². The van der Waals surface area contributed by atoms with Gasteiger partial charge in [0.15, 0.2) is 5.84 Å². The monoisotopic (exact) mass is 253 g/mol. The minimum absolute atomic E-state index is 0.295. The normalized spacial score (nSPS) is 16.7. The molecule has 1 aliphatic heterocycles. The number of rotatable bonds is 2. The zero-order valence-electron chi connectivity index (χ0n) is 9.96. The number of hydrogen-bond acceptors (Lipinski definition) is 4. The Morgan fingerprint density at radius 1 is 1.05 bits per heavy atom. The molecule has 5 heteroatoms. The van der Waals surface area contributed by atoms with Gasteiger partial charge in [0.1, 0.15) is 11.5 Å². The van der Waals surface area contributed by atoms with Gasteiger partial charge in [0.25, 0.3) is 5.91 Å². The van der Waals surface area contributed by atoms with Crippen LogP contribution in [-0.2, 0) is 4.79 Å². The predicted octanol–water partition coefficient (Wildman–Crippen LogP) is 1.70. The molecule has 0 aliphatic carbocycles. The van der Waals surface area contributed by atoms with E-state index in [2.05, 4.69) is 15.8 Å². The van der Waals surface area contributed by atoms with Crippen LogP contribution in [0.1, 0.15) is 11.3 Å². The van der Waals surface area contributed by atoms with Gasteiger partial charge in [-0.2, -0.15) is 0 Å². The van der Waals surface area contributed by atoms with Crippen LogP contribution >= 0.6 is 0 Å². The fourth-order valence-corrected chi connectivity index (χ4v) is 1.72. The van der Waals surface area contributed by atoms with E-state index in [0.717, 1.165) is 5.56 Å². The molecule has 19 heavy (non-hydrogen) atoms. The van der Waals surface area contributed by atoms with Crippen molar-refractivity contribution in [2.24, 2.45) is 4.99 Å². The van der Waals surface area contributed by atoms with Gasteiger partial charge in [0.2, 0.25) is 0 Å². The molecule has 2 aromatic rings. The SMILES string of the molecule is O=C1NNC(c2ccccc2)=NC1=Cc1ccco1. The highest BCUT2D eigenvalue weighted by Crippen LogP contribution is 2.12. The number of aliphatic imine (C=N–C) groups is 1. The van der Waals surface area contributed by atoms with E-state index in [9.17, 15) is 4.79 Å². The van der Waals surface area contributed by atoms with Gasteiger partial charge in [-0.05, 0) is 12.1 Å². The van der Waals surface area contributed by atoms with Crippen molar-refractivity contribution in [1.82, 2.24) is 10.9 Å². The largest absolute Gasteiger partial charge is 0.465 e. The number of hydrogen-bond donors (Lipinski definition) is 2. The van der Waals surface area contributed by atoms with Crippen molar-refractivity contribution < 1.29 is 9.21 Å². The Balaban J connectivity index is 1.98. The molecule has 1 aromatic carbocycles. The molecule has 1 aromatic heterocycles. The summed E-state index contributed by atoms with van der Waals surface area (Å²) in [6.07, 6.45) is 3.15. The second-order valence-corrected chi connectivity index (χ2v) is 3.95. The summed E-state index contributed by atoms with van der Waals surface area (Å²) in [5.74, 6) is 0.886. The lowest BCUT2D eigenvalue weighted by molar-refractivity contribution is -0.118. The smallest absolute Gasteiger partial charge is 0.288 e.